The second-order valence-corrected chi connectivity index (χ2v) is 9.81. The highest BCUT2D eigenvalue weighted by Crippen LogP contribution is 2.45. The number of aromatic nitrogens is 4. The minimum Gasteiger partial charge on any atom is -0.481 e. The topological polar surface area (TPSA) is 168 Å². The molecule has 2 aliphatic carbocycles. The number of aliphatic hydroxyl groups excluding tert-OH is 1. The van der Waals surface area contributed by atoms with E-state index in [2.05, 4.69) is 15.0 Å². The van der Waals surface area contributed by atoms with Crippen LogP contribution in [0.25, 0.3) is 11.2 Å². The number of amides is 1. The van der Waals surface area contributed by atoms with E-state index in [0.29, 0.717) is 17.6 Å². The molecule has 180 valence electrons. The molecular weight excluding hydrogens is 428 g/mol. The van der Waals surface area contributed by atoms with Crippen LogP contribution < -0.4 is 5.73 Å². The summed E-state index contributed by atoms with van der Waals surface area (Å²) >= 11 is 0. The van der Waals surface area contributed by atoms with Crippen LogP contribution in [0, 0.1) is 5.41 Å². The summed E-state index contributed by atoms with van der Waals surface area (Å²) in [6.07, 6.45) is 6.43. The standard InChI is InChI=1S/C22H32N6O5/c1-27(16(30)9-21(10-17(31)32)5-2-3-6-21)14-4-7-22(33,15(29)8-14)11-28-13-26-18-19(23)24-12-25-20(18)28/h12-15,29,33H,2-11H2,1H3,(H,31,32)(H2,23,24,25)/t14-,15+,22+/m0/s1. The summed E-state index contributed by atoms with van der Waals surface area (Å²) in [5.41, 5.74) is 4.88. The first kappa shape index (κ1) is 23.4. The maximum Gasteiger partial charge on any atom is 0.303 e. The Hall–Kier alpha value is -2.79. The van der Waals surface area contributed by atoms with Crippen molar-refractivity contribution in [1.82, 2.24) is 24.4 Å². The van der Waals surface area contributed by atoms with Crippen LogP contribution in [0.2, 0.25) is 0 Å². The van der Waals surface area contributed by atoms with Crippen molar-refractivity contribution in [2.24, 2.45) is 5.41 Å². The van der Waals surface area contributed by atoms with E-state index in [1.54, 1.807) is 16.5 Å². The molecule has 0 saturated heterocycles. The Morgan fingerprint density at radius 2 is 1.94 bits per heavy atom. The molecule has 3 atom stereocenters. The molecule has 1 amide bonds. The highest BCUT2D eigenvalue weighted by molar-refractivity contribution is 5.81. The molecule has 2 saturated carbocycles. The molecule has 5 N–H and O–H groups in total. The predicted octanol–water partition coefficient (Wildman–Crippen LogP) is 0.937. The lowest BCUT2D eigenvalue weighted by Gasteiger charge is -2.43. The van der Waals surface area contributed by atoms with Crippen molar-refractivity contribution in [3.05, 3.63) is 12.7 Å². The van der Waals surface area contributed by atoms with Gasteiger partial charge in [0, 0.05) is 19.5 Å². The average molecular weight is 461 g/mol. The number of rotatable bonds is 7. The molecule has 2 aliphatic rings. The number of nitrogens with two attached hydrogens (primary N) is 1. The Kier molecular flexibility index (Phi) is 6.28. The van der Waals surface area contributed by atoms with Crippen molar-refractivity contribution in [2.45, 2.75) is 82.1 Å². The highest BCUT2D eigenvalue weighted by atomic mass is 16.4. The molecule has 2 fully saturated rings. The molecule has 0 radical (unpaired) electrons. The minimum absolute atomic E-state index is 0.00650. The van der Waals surface area contributed by atoms with Crippen LogP contribution in [-0.2, 0) is 16.1 Å². The van der Waals surface area contributed by atoms with Gasteiger partial charge in [-0.3, -0.25) is 9.59 Å². The van der Waals surface area contributed by atoms with Crippen LogP contribution in [0.4, 0.5) is 5.82 Å². The zero-order chi connectivity index (χ0) is 23.8. The summed E-state index contributed by atoms with van der Waals surface area (Å²) in [7, 11) is 1.70. The van der Waals surface area contributed by atoms with E-state index in [9.17, 15) is 24.9 Å². The van der Waals surface area contributed by atoms with Gasteiger partial charge in [-0.15, -0.1) is 0 Å². The average Bonchev–Trinajstić information content (AvgIpc) is 3.37. The molecule has 4 rings (SSSR count). The number of anilines is 1. The lowest BCUT2D eigenvalue weighted by atomic mass is 9.77. The summed E-state index contributed by atoms with van der Waals surface area (Å²) in [4.78, 5) is 38.3. The van der Waals surface area contributed by atoms with Crippen LogP contribution in [-0.4, -0.2) is 76.4 Å². The monoisotopic (exact) mass is 460 g/mol. The minimum atomic E-state index is -1.40. The molecule has 11 heteroatoms. The number of carbonyl (C=O) groups is 2. The number of imidazole rings is 1. The van der Waals surface area contributed by atoms with Gasteiger partial charge < -0.3 is 30.5 Å². The van der Waals surface area contributed by atoms with E-state index < -0.39 is 23.1 Å². The van der Waals surface area contributed by atoms with Crippen LogP contribution in [0.5, 0.6) is 0 Å². The van der Waals surface area contributed by atoms with Crippen LogP contribution in [0.15, 0.2) is 12.7 Å². The maximum absolute atomic E-state index is 13.0. The maximum atomic E-state index is 13.0. The second-order valence-electron chi connectivity index (χ2n) is 9.81. The fourth-order valence-electron chi connectivity index (χ4n) is 5.53. The normalized spacial score (nSPS) is 27.0. The first-order valence-corrected chi connectivity index (χ1v) is 11.4. The van der Waals surface area contributed by atoms with Gasteiger partial charge in [0.05, 0.1) is 25.4 Å². The van der Waals surface area contributed by atoms with Gasteiger partial charge in [-0.2, -0.15) is 0 Å². The molecule has 0 aromatic carbocycles. The van der Waals surface area contributed by atoms with Gasteiger partial charge in [0.1, 0.15) is 17.4 Å². The van der Waals surface area contributed by atoms with Gasteiger partial charge in [0.2, 0.25) is 5.91 Å². The third-order valence-electron chi connectivity index (χ3n) is 7.56. The van der Waals surface area contributed by atoms with Crippen molar-refractivity contribution in [2.75, 3.05) is 12.8 Å². The summed E-state index contributed by atoms with van der Waals surface area (Å²) in [6, 6.07) is -0.228. The summed E-state index contributed by atoms with van der Waals surface area (Å²) in [5, 5.41) is 31.4. The van der Waals surface area contributed by atoms with E-state index in [1.165, 1.54) is 12.7 Å². The summed E-state index contributed by atoms with van der Waals surface area (Å²) < 4.78 is 1.65. The zero-order valence-corrected chi connectivity index (χ0v) is 18.9. The third-order valence-corrected chi connectivity index (χ3v) is 7.56. The first-order valence-electron chi connectivity index (χ1n) is 11.4. The van der Waals surface area contributed by atoms with Crippen molar-refractivity contribution < 1.29 is 24.9 Å². The lowest BCUT2D eigenvalue weighted by molar-refractivity contribution is -0.147. The first-order chi connectivity index (χ1) is 15.6. The van der Waals surface area contributed by atoms with E-state index in [1.807, 2.05) is 0 Å². The van der Waals surface area contributed by atoms with Crippen LogP contribution in [0.1, 0.15) is 57.8 Å². The number of nitrogen functional groups attached to an aromatic ring is 1. The molecule has 33 heavy (non-hydrogen) atoms. The Labute approximate surface area is 191 Å². The number of fused-ring (bicyclic) bond motifs is 1. The lowest BCUT2D eigenvalue weighted by Crippen LogP contribution is -2.54. The van der Waals surface area contributed by atoms with Gasteiger partial charge in [-0.1, -0.05) is 12.8 Å². The number of hydrogen-bond acceptors (Lipinski definition) is 8. The SMILES string of the molecule is CN(C(=O)CC1(CC(=O)O)CCCC1)[C@H]1CC[C@@](O)(Cn2cnc3c(N)ncnc32)[C@H](O)C1. The Balaban J connectivity index is 1.41. The molecule has 2 aromatic heterocycles. The molecule has 0 bridgehead atoms. The molecule has 11 nitrogen and oxygen atoms in total. The van der Waals surface area contributed by atoms with Crippen molar-refractivity contribution in [3.8, 4) is 0 Å². The number of aliphatic hydroxyl groups is 2. The van der Waals surface area contributed by atoms with Gasteiger partial charge in [0.25, 0.3) is 0 Å². The zero-order valence-electron chi connectivity index (χ0n) is 18.9. The Morgan fingerprint density at radius 1 is 1.21 bits per heavy atom. The summed E-state index contributed by atoms with van der Waals surface area (Å²) in [5.74, 6) is -0.726. The van der Waals surface area contributed by atoms with Crippen molar-refractivity contribution in [3.63, 3.8) is 0 Å². The van der Waals surface area contributed by atoms with E-state index in [0.717, 1.165) is 25.7 Å². The third kappa shape index (κ3) is 4.65. The predicted molar refractivity (Wildman–Crippen MR) is 119 cm³/mol. The fraction of sp³-hybridized carbons (Fsp3) is 0.682. The summed E-state index contributed by atoms with van der Waals surface area (Å²) in [6.45, 7) is 0.0905. The van der Waals surface area contributed by atoms with E-state index in [4.69, 9.17) is 5.73 Å². The Morgan fingerprint density at radius 3 is 2.61 bits per heavy atom. The number of carbonyl (C=O) groups excluding carboxylic acids is 1. The van der Waals surface area contributed by atoms with Crippen LogP contribution in [0.3, 0.4) is 0 Å². The molecule has 0 unspecified atom stereocenters. The van der Waals surface area contributed by atoms with E-state index >= 15 is 0 Å². The van der Waals surface area contributed by atoms with Crippen molar-refractivity contribution in [1.29, 1.82) is 0 Å². The molecular formula is C22H32N6O5. The van der Waals surface area contributed by atoms with Gasteiger partial charge in [-0.05, 0) is 37.5 Å². The number of aliphatic carboxylic acids is 1. The van der Waals surface area contributed by atoms with Gasteiger partial charge in [-0.25, -0.2) is 15.0 Å². The number of hydrogen-bond donors (Lipinski definition) is 4. The molecule has 2 aromatic rings. The van der Waals surface area contributed by atoms with Crippen LogP contribution >= 0.6 is 0 Å². The smallest absolute Gasteiger partial charge is 0.303 e. The molecule has 2 heterocycles. The Bertz CT molecular complexity index is 1040. The molecule has 0 spiro atoms. The van der Waals surface area contributed by atoms with Crippen molar-refractivity contribution >= 4 is 28.9 Å². The van der Waals surface area contributed by atoms with E-state index in [-0.39, 0.29) is 50.0 Å². The highest BCUT2D eigenvalue weighted by Gasteiger charge is 2.45. The quantitative estimate of drug-likeness (QED) is 0.470. The largest absolute Gasteiger partial charge is 0.481 e. The second kappa shape index (κ2) is 8.86. The number of carboxylic acid groups (broad SMARTS) is 1. The fourth-order valence-corrected chi connectivity index (χ4v) is 5.53. The number of carboxylic acids is 1. The van der Waals surface area contributed by atoms with Gasteiger partial charge in [0.15, 0.2) is 11.5 Å². The van der Waals surface area contributed by atoms with Gasteiger partial charge >= 0.3 is 5.97 Å². The molecule has 0 aliphatic heterocycles. The number of nitrogens with zero attached hydrogens (tertiary/aromatic N) is 5.